The van der Waals surface area contributed by atoms with Gasteiger partial charge in [-0.25, -0.2) is 0 Å². The van der Waals surface area contributed by atoms with E-state index in [4.69, 9.17) is 0 Å². The predicted octanol–water partition coefficient (Wildman–Crippen LogP) is 17.2. The van der Waals surface area contributed by atoms with Crippen LogP contribution in [0.5, 0.6) is 0 Å². The van der Waals surface area contributed by atoms with E-state index in [1.54, 1.807) is 0 Å². The minimum Gasteiger partial charge on any atom is -0.310 e. The van der Waals surface area contributed by atoms with Gasteiger partial charge in [-0.1, -0.05) is 191 Å². The van der Waals surface area contributed by atoms with Crippen LogP contribution in [0.15, 0.2) is 218 Å². The van der Waals surface area contributed by atoms with Crippen LogP contribution in [-0.4, -0.2) is 0 Å². The number of benzene rings is 10. The van der Waals surface area contributed by atoms with Gasteiger partial charge in [0.1, 0.15) is 0 Å². The maximum absolute atomic E-state index is 2.56. The quantitative estimate of drug-likeness (QED) is 0.165. The van der Waals surface area contributed by atoms with E-state index in [1.165, 1.54) is 94.2 Å². The first-order chi connectivity index (χ1) is 31.3. The Morgan fingerprint density at radius 3 is 1.75 bits per heavy atom. The minimum atomic E-state index is -0.295. The lowest BCUT2D eigenvalue weighted by atomic mass is 9.70. The van der Waals surface area contributed by atoms with Gasteiger partial charge >= 0.3 is 0 Å². The number of anilines is 6. The van der Waals surface area contributed by atoms with E-state index in [9.17, 15) is 0 Å². The van der Waals surface area contributed by atoms with E-state index in [2.05, 4.69) is 256 Å². The lowest BCUT2D eigenvalue weighted by molar-refractivity contribution is 0.634. The third-order valence-electron chi connectivity index (χ3n) is 14.2. The van der Waals surface area contributed by atoms with E-state index in [-0.39, 0.29) is 10.8 Å². The molecule has 0 spiro atoms. The number of fused-ring (bicyclic) bond motifs is 7. The van der Waals surface area contributed by atoms with Gasteiger partial charge in [0.2, 0.25) is 0 Å². The summed E-state index contributed by atoms with van der Waals surface area (Å²) >= 11 is 0. The summed E-state index contributed by atoms with van der Waals surface area (Å²) in [5.41, 5.74) is 19.5. The van der Waals surface area contributed by atoms with E-state index in [0.717, 1.165) is 17.1 Å². The molecule has 0 amide bonds. The Hall–Kier alpha value is -7.68. The number of hydrogen-bond acceptors (Lipinski definition) is 2. The lowest BCUT2D eigenvalue weighted by Crippen LogP contribution is -2.31. The monoisotopic (exact) mass is 820 g/mol. The van der Waals surface area contributed by atoms with E-state index >= 15 is 0 Å². The summed E-state index contributed by atoms with van der Waals surface area (Å²) in [6, 6.07) is 80.9. The molecule has 0 aromatic heterocycles. The van der Waals surface area contributed by atoms with Gasteiger partial charge in [-0.2, -0.15) is 0 Å². The van der Waals surface area contributed by atoms with Crippen LogP contribution < -0.4 is 9.80 Å². The van der Waals surface area contributed by atoms with Crippen molar-refractivity contribution in [2.75, 3.05) is 9.80 Å². The third-order valence-corrected chi connectivity index (χ3v) is 14.2. The molecule has 0 atom stereocenters. The van der Waals surface area contributed by atoms with Gasteiger partial charge in [0.25, 0.3) is 0 Å². The fourth-order valence-electron chi connectivity index (χ4n) is 11.1. The molecule has 2 nitrogen and oxygen atoms in total. The van der Waals surface area contributed by atoms with Gasteiger partial charge < -0.3 is 9.80 Å². The Kier molecular flexibility index (Phi) is 8.58. The summed E-state index contributed by atoms with van der Waals surface area (Å²) < 4.78 is 0. The second kappa shape index (κ2) is 14.4. The summed E-state index contributed by atoms with van der Waals surface area (Å²) in [6.07, 6.45) is 0. The number of nitrogens with zero attached hydrogens (tertiary/aromatic N) is 2. The van der Waals surface area contributed by atoms with Gasteiger partial charge in [-0.3, -0.25) is 0 Å². The summed E-state index contributed by atoms with van der Waals surface area (Å²) in [5, 5.41) is 4.93. The number of rotatable bonds is 6. The van der Waals surface area contributed by atoms with Crippen LogP contribution in [0, 0.1) is 0 Å². The zero-order valence-corrected chi connectivity index (χ0v) is 36.7. The van der Waals surface area contributed by atoms with Gasteiger partial charge in [-0.15, -0.1) is 0 Å². The van der Waals surface area contributed by atoms with Crippen LogP contribution >= 0.6 is 0 Å². The lowest BCUT2D eigenvalue weighted by Gasteiger charge is -2.44. The fourth-order valence-corrected chi connectivity index (χ4v) is 11.1. The molecule has 2 aliphatic rings. The van der Waals surface area contributed by atoms with Crippen molar-refractivity contribution >= 4 is 55.7 Å². The molecule has 12 rings (SSSR count). The average Bonchev–Trinajstić information content (AvgIpc) is 3.57. The Balaban J connectivity index is 1.02. The maximum Gasteiger partial charge on any atom is 0.0618 e. The van der Waals surface area contributed by atoms with Crippen molar-refractivity contribution in [2.45, 2.75) is 38.5 Å². The molecule has 1 aliphatic heterocycles. The van der Waals surface area contributed by atoms with Crippen LogP contribution in [0.2, 0.25) is 0 Å². The highest BCUT2D eigenvalue weighted by molar-refractivity contribution is 6.09. The zero-order chi connectivity index (χ0) is 43.2. The molecule has 0 saturated heterocycles. The molecule has 0 N–H and O–H groups in total. The van der Waals surface area contributed by atoms with E-state index < -0.39 is 0 Å². The summed E-state index contributed by atoms with van der Waals surface area (Å²) in [5.74, 6) is 0. The highest BCUT2D eigenvalue weighted by atomic mass is 15.2. The molecule has 10 aromatic carbocycles. The van der Waals surface area contributed by atoms with Crippen molar-refractivity contribution in [3.8, 4) is 33.4 Å². The molecule has 64 heavy (non-hydrogen) atoms. The fraction of sp³-hybridized carbons (Fsp3) is 0.0968. The largest absolute Gasteiger partial charge is 0.310 e. The van der Waals surface area contributed by atoms with Crippen molar-refractivity contribution in [3.05, 3.63) is 241 Å². The number of hydrogen-bond donors (Lipinski definition) is 0. The molecule has 1 heterocycles. The second-order valence-corrected chi connectivity index (χ2v) is 18.5. The van der Waals surface area contributed by atoms with Crippen molar-refractivity contribution < 1.29 is 0 Å². The molecule has 10 aromatic rings. The Morgan fingerprint density at radius 1 is 0.344 bits per heavy atom. The smallest absolute Gasteiger partial charge is 0.0618 e. The molecule has 0 bridgehead atoms. The average molecular weight is 821 g/mol. The molecule has 0 saturated carbocycles. The van der Waals surface area contributed by atoms with E-state index in [0.29, 0.717) is 0 Å². The van der Waals surface area contributed by atoms with E-state index in [1.807, 2.05) is 0 Å². The summed E-state index contributed by atoms with van der Waals surface area (Å²) in [7, 11) is 0. The standard InChI is InChI=1S/C62H48N2/c1-61(2)54-25-13-12-23-52(54)53-38-36-48(40-56(53)61)63(46-20-6-5-7-21-46)47-34-31-43(32-35-47)49-24-16-28-58-59(49)62(3,4)55-26-14-15-27-57(55)64(58)60-50-22-11-10-18-42(50)33-37-51(60)45-30-29-41-17-8-9-19-44(41)39-45/h5-40H,1-4H3. The summed E-state index contributed by atoms with van der Waals surface area (Å²) in [6.45, 7) is 9.51. The van der Waals surface area contributed by atoms with Crippen LogP contribution in [-0.2, 0) is 10.8 Å². The molecule has 0 unspecified atom stereocenters. The Bertz CT molecular complexity index is 3450. The molecular formula is C62H48N2. The highest BCUT2D eigenvalue weighted by Gasteiger charge is 2.40. The van der Waals surface area contributed by atoms with Gasteiger partial charge in [0, 0.05) is 38.8 Å². The van der Waals surface area contributed by atoms with Gasteiger partial charge in [-0.05, 0) is 121 Å². The first-order valence-electron chi connectivity index (χ1n) is 22.5. The first-order valence-corrected chi connectivity index (χ1v) is 22.5. The van der Waals surface area contributed by atoms with Crippen molar-refractivity contribution in [2.24, 2.45) is 0 Å². The SMILES string of the molecule is CC1(C)c2ccccc2-c2ccc(N(c3ccccc3)c3ccc(-c4cccc5c4C(C)(C)c4ccccc4N5c4c(-c5ccc6ccccc6c5)ccc5ccccc45)cc3)cc21. The molecule has 2 heteroatoms. The first kappa shape index (κ1) is 38.0. The van der Waals surface area contributed by atoms with Crippen LogP contribution in [0.1, 0.15) is 49.9 Å². The topological polar surface area (TPSA) is 6.48 Å². The maximum atomic E-state index is 2.56. The molecule has 1 aliphatic carbocycles. The minimum absolute atomic E-state index is 0.0951. The number of para-hydroxylation sites is 2. The predicted molar refractivity (Wildman–Crippen MR) is 271 cm³/mol. The van der Waals surface area contributed by atoms with Gasteiger partial charge in [0.15, 0.2) is 0 Å². The molecule has 306 valence electrons. The Labute approximate surface area is 376 Å². The van der Waals surface area contributed by atoms with Gasteiger partial charge in [0.05, 0.1) is 17.1 Å². The molecular weight excluding hydrogens is 773 g/mol. The van der Waals surface area contributed by atoms with Crippen LogP contribution in [0.3, 0.4) is 0 Å². The third kappa shape index (κ3) is 5.79. The van der Waals surface area contributed by atoms with Crippen molar-refractivity contribution in [1.82, 2.24) is 0 Å². The van der Waals surface area contributed by atoms with Crippen LogP contribution in [0.4, 0.5) is 34.1 Å². The zero-order valence-electron chi connectivity index (χ0n) is 36.7. The highest BCUT2D eigenvalue weighted by Crippen LogP contribution is 2.57. The second-order valence-electron chi connectivity index (χ2n) is 18.5. The van der Waals surface area contributed by atoms with Crippen LogP contribution in [0.25, 0.3) is 54.9 Å². The normalized spacial score (nSPS) is 14.2. The Morgan fingerprint density at radius 2 is 0.922 bits per heavy atom. The summed E-state index contributed by atoms with van der Waals surface area (Å²) in [4.78, 5) is 4.96. The molecule has 0 radical (unpaired) electrons. The molecule has 0 fully saturated rings. The van der Waals surface area contributed by atoms with Crippen molar-refractivity contribution in [3.63, 3.8) is 0 Å². The van der Waals surface area contributed by atoms with Crippen molar-refractivity contribution in [1.29, 1.82) is 0 Å².